The molecule has 0 fully saturated rings. The van der Waals surface area contributed by atoms with Gasteiger partial charge in [-0.25, -0.2) is 13.9 Å². The Hall–Kier alpha value is -2.57. The average molecular weight is 318 g/mol. The van der Waals surface area contributed by atoms with Gasteiger partial charge in [-0.1, -0.05) is 12.1 Å². The number of carbonyl (C=O) groups excluding carboxylic acids is 1. The molecule has 0 saturated carbocycles. The normalized spacial score (nSPS) is 16.6. The minimum absolute atomic E-state index is 0.190. The van der Waals surface area contributed by atoms with E-state index in [-0.39, 0.29) is 17.9 Å². The van der Waals surface area contributed by atoms with E-state index in [9.17, 15) is 9.18 Å². The van der Waals surface area contributed by atoms with E-state index < -0.39 is 0 Å². The smallest absolute Gasteiger partial charge is 0.320 e. The summed E-state index contributed by atoms with van der Waals surface area (Å²) in [7, 11) is 3.23. The number of rotatable bonds is 3. The number of hydrogen-bond acceptors (Lipinski definition) is 3. The van der Waals surface area contributed by atoms with Crippen LogP contribution in [0.5, 0.6) is 5.88 Å². The third kappa shape index (κ3) is 3.13. The Bertz CT molecular complexity index is 729. The number of benzene rings is 1. The maximum atomic E-state index is 13.9. The van der Waals surface area contributed by atoms with E-state index in [1.165, 1.54) is 17.9 Å². The van der Waals surface area contributed by atoms with Gasteiger partial charge in [-0.05, 0) is 36.5 Å². The van der Waals surface area contributed by atoms with Crippen LogP contribution < -0.4 is 15.4 Å². The summed E-state index contributed by atoms with van der Waals surface area (Å²) in [6, 6.07) is 6.10. The minimum atomic E-state index is -0.349. The second-order valence-electron chi connectivity index (χ2n) is 5.55. The zero-order valence-electron chi connectivity index (χ0n) is 13.1. The van der Waals surface area contributed by atoms with Crippen LogP contribution in [0.1, 0.15) is 30.0 Å². The Morgan fingerprint density at radius 1 is 1.48 bits per heavy atom. The monoisotopic (exact) mass is 318 g/mol. The number of amides is 2. The lowest BCUT2D eigenvalue weighted by Gasteiger charge is -2.26. The Kier molecular flexibility index (Phi) is 4.18. The first-order chi connectivity index (χ1) is 11.1. The molecule has 23 heavy (non-hydrogen) atoms. The van der Waals surface area contributed by atoms with Crippen molar-refractivity contribution in [3.63, 3.8) is 0 Å². The van der Waals surface area contributed by atoms with Crippen LogP contribution in [0.15, 0.2) is 24.3 Å². The van der Waals surface area contributed by atoms with Crippen molar-refractivity contribution in [3.05, 3.63) is 41.2 Å². The standard InChI is InChI=1S/C16H19FN4O2/c1-21-14(9-15(20-21)23-2)19-16(22)18-13-8-4-5-10-11(13)6-3-7-12(10)17/h3,6-7,9,13H,4-5,8H2,1-2H3,(H2,18,19,22)/t13-/m0/s1. The van der Waals surface area contributed by atoms with Crippen molar-refractivity contribution in [2.24, 2.45) is 7.05 Å². The number of methoxy groups -OCH3 is 1. The van der Waals surface area contributed by atoms with Crippen LogP contribution in [-0.2, 0) is 13.5 Å². The van der Waals surface area contributed by atoms with Crippen LogP contribution in [-0.4, -0.2) is 22.9 Å². The van der Waals surface area contributed by atoms with Crippen molar-refractivity contribution in [1.82, 2.24) is 15.1 Å². The van der Waals surface area contributed by atoms with Gasteiger partial charge < -0.3 is 10.1 Å². The molecule has 2 amide bonds. The molecule has 1 heterocycles. The molecule has 1 aliphatic rings. The highest BCUT2D eigenvalue weighted by atomic mass is 19.1. The number of nitrogens with one attached hydrogen (secondary N) is 2. The number of urea groups is 1. The lowest BCUT2D eigenvalue weighted by molar-refractivity contribution is 0.246. The van der Waals surface area contributed by atoms with Gasteiger partial charge in [-0.2, -0.15) is 0 Å². The maximum absolute atomic E-state index is 13.9. The number of aromatic nitrogens is 2. The first kappa shape index (κ1) is 15.3. The van der Waals surface area contributed by atoms with Gasteiger partial charge in [0.15, 0.2) is 0 Å². The van der Waals surface area contributed by atoms with E-state index in [0.717, 1.165) is 18.4 Å². The molecule has 1 atom stereocenters. The summed E-state index contributed by atoms with van der Waals surface area (Å²) < 4.78 is 20.4. The number of hydrogen-bond donors (Lipinski definition) is 2. The molecule has 0 radical (unpaired) electrons. The number of aryl methyl sites for hydroxylation is 1. The molecule has 6 nitrogen and oxygen atoms in total. The number of halogens is 1. The molecule has 0 saturated heterocycles. The van der Waals surface area contributed by atoms with Crippen molar-refractivity contribution in [2.75, 3.05) is 12.4 Å². The Balaban J connectivity index is 1.72. The molecule has 2 aromatic rings. The molecule has 7 heteroatoms. The first-order valence-corrected chi connectivity index (χ1v) is 7.51. The molecule has 1 aromatic carbocycles. The summed E-state index contributed by atoms with van der Waals surface area (Å²) in [5, 5.41) is 9.72. The zero-order valence-corrected chi connectivity index (χ0v) is 13.1. The molecule has 1 aliphatic carbocycles. The fraction of sp³-hybridized carbons (Fsp3) is 0.375. The molecule has 0 bridgehead atoms. The van der Waals surface area contributed by atoms with E-state index in [4.69, 9.17) is 4.74 Å². The predicted octanol–water partition coefficient (Wildman–Crippen LogP) is 2.77. The van der Waals surface area contributed by atoms with Crippen LogP contribution in [0.4, 0.5) is 15.0 Å². The second-order valence-corrected chi connectivity index (χ2v) is 5.55. The summed E-state index contributed by atoms with van der Waals surface area (Å²) in [5.41, 5.74) is 1.56. The van der Waals surface area contributed by atoms with E-state index in [1.54, 1.807) is 19.2 Å². The summed E-state index contributed by atoms with van der Waals surface area (Å²) in [4.78, 5) is 12.2. The lowest BCUT2D eigenvalue weighted by Crippen LogP contribution is -2.35. The molecule has 0 unspecified atom stereocenters. The molecule has 3 rings (SSSR count). The average Bonchev–Trinajstić information content (AvgIpc) is 2.88. The van der Waals surface area contributed by atoms with Gasteiger partial charge in [-0.15, -0.1) is 5.10 Å². The molecule has 2 N–H and O–H groups in total. The van der Waals surface area contributed by atoms with Gasteiger partial charge >= 0.3 is 6.03 Å². The summed E-state index contributed by atoms with van der Waals surface area (Å²) in [5.74, 6) is 0.744. The van der Waals surface area contributed by atoms with Crippen molar-refractivity contribution >= 4 is 11.8 Å². The van der Waals surface area contributed by atoms with Gasteiger partial charge in [0.1, 0.15) is 11.6 Å². The van der Waals surface area contributed by atoms with Crippen LogP contribution >= 0.6 is 0 Å². The first-order valence-electron chi connectivity index (χ1n) is 7.51. The highest BCUT2D eigenvalue weighted by Gasteiger charge is 2.24. The van der Waals surface area contributed by atoms with Crippen molar-refractivity contribution in [2.45, 2.75) is 25.3 Å². The second kappa shape index (κ2) is 6.28. The Morgan fingerprint density at radius 2 is 2.30 bits per heavy atom. The van der Waals surface area contributed by atoms with E-state index in [2.05, 4.69) is 15.7 Å². The van der Waals surface area contributed by atoms with Crippen molar-refractivity contribution < 1.29 is 13.9 Å². The molecule has 0 aliphatic heterocycles. The molecular weight excluding hydrogens is 299 g/mol. The number of carbonyl (C=O) groups is 1. The highest BCUT2D eigenvalue weighted by Crippen LogP contribution is 2.31. The fourth-order valence-corrected chi connectivity index (χ4v) is 2.92. The fourth-order valence-electron chi connectivity index (χ4n) is 2.92. The third-order valence-electron chi connectivity index (χ3n) is 4.06. The van der Waals surface area contributed by atoms with Crippen LogP contribution in [0.25, 0.3) is 0 Å². The van der Waals surface area contributed by atoms with Gasteiger partial charge in [-0.3, -0.25) is 5.32 Å². The van der Waals surface area contributed by atoms with Gasteiger partial charge in [0.05, 0.1) is 13.2 Å². The van der Waals surface area contributed by atoms with E-state index in [1.807, 2.05) is 6.07 Å². The highest BCUT2D eigenvalue weighted by molar-refractivity contribution is 5.88. The van der Waals surface area contributed by atoms with Crippen LogP contribution in [0.3, 0.4) is 0 Å². The molecule has 1 aromatic heterocycles. The summed E-state index contributed by atoms with van der Waals surface area (Å²) in [6.45, 7) is 0. The molecule has 122 valence electrons. The number of fused-ring (bicyclic) bond motifs is 1. The Morgan fingerprint density at radius 3 is 3.04 bits per heavy atom. The summed E-state index contributed by atoms with van der Waals surface area (Å²) in [6.07, 6.45) is 2.34. The largest absolute Gasteiger partial charge is 0.480 e. The predicted molar refractivity (Wildman–Crippen MR) is 84.0 cm³/mol. The Labute approximate surface area is 133 Å². The van der Waals surface area contributed by atoms with Crippen molar-refractivity contribution in [1.29, 1.82) is 0 Å². The number of anilines is 1. The lowest BCUT2D eigenvalue weighted by atomic mass is 9.87. The molecular formula is C16H19FN4O2. The number of nitrogens with zero attached hydrogens (tertiary/aromatic N) is 2. The number of ether oxygens (including phenoxy) is 1. The molecule has 0 spiro atoms. The van der Waals surface area contributed by atoms with Crippen LogP contribution in [0.2, 0.25) is 0 Å². The minimum Gasteiger partial charge on any atom is -0.480 e. The summed E-state index contributed by atoms with van der Waals surface area (Å²) >= 11 is 0. The van der Waals surface area contributed by atoms with Gasteiger partial charge in [0.25, 0.3) is 0 Å². The van der Waals surface area contributed by atoms with Gasteiger partial charge in [0.2, 0.25) is 5.88 Å². The van der Waals surface area contributed by atoms with E-state index in [0.29, 0.717) is 23.7 Å². The topological polar surface area (TPSA) is 68.2 Å². The quantitative estimate of drug-likeness (QED) is 0.914. The van der Waals surface area contributed by atoms with E-state index >= 15 is 0 Å². The van der Waals surface area contributed by atoms with Gasteiger partial charge in [0, 0.05) is 13.1 Å². The SMILES string of the molecule is COc1cc(NC(=O)N[C@H]2CCCc3c(F)cccc32)n(C)n1. The third-order valence-corrected chi connectivity index (χ3v) is 4.06. The maximum Gasteiger partial charge on any atom is 0.320 e. The van der Waals surface area contributed by atoms with Crippen molar-refractivity contribution in [3.8, 4) is 5.88 Å². The zero-order chi connectivity index (χ0) is 16.4. The van der Waals surface area contributed by atoms with Crippen LogP contribution in [0, 0.1) is 5.82 Å².